The highest BCUT2D eigenvalue weighted by Crippen LogP contribution is 2.12. The summed E-state index contributed by atoms with van der Waals surface area (Å²) in [6.45, 7) is 2.21. The van der Waals surface area contributed by atoms with E-state index in [-0.39, 0.29) is 0 Å². The van der Waals surface area contributed by atoms with Crippen molar-refractivity contribution in [2.75, 3.05) is 27.3 Å². The number of alkyl halides is 1. The Labute approximate surface area is 58.6 Å². The average molecular weight is 179 g/mol. The molecule has 1 aliphatic heterocycles. The maximum atomic E-state index is 3.53. The molecule has 1 aliphatic rings. The predicted molar refractivity (Wildman–Crippen MR) is 38.0 cm³/mol. The van der Waals surface area contributed by atoms with Crippen molar-refractivity contribution in [1.29, 1.82) is 0 Å². The maximum Gasteiger partial charge on any atom is 0.0792 e. The number of hydrogen-bond acceptors (Lipinski definition) is 2. The quantitative estimate of drug-likeness (QED) is 0.395. The average Bonchev–Trinajstić information content (AvgIpc) is 1.85. The smallest absolute Gasteiger partial charge is 0.0792 e. The van der Waals surface area contributed by atoms with Crippen LogP contribution in [0, 0.1) is 0 Å². The van der Waals surface area contributed by atoms with Gasteiger partial charge >= 0.3 is 0 Å². The minimum absolute atomic E-state index is 0.562. The lowest BCUT2D eigenvalue weighted by atomic mass is 10.6. The van der Waals surface area contributed by atoms with Crippen LogP contribution in [0.4, 0.5) is 0 Å². The van der Waals surface area contributed by atoms with Crippen LogP contribution in [0.3, 0.4) is 0 Å². The molecule has 0 aliphatic carbocycles. The Kier molecular flexibility index (Phi) is 1.90. The van der Waals surface area contributed by atoms with Crippen molar-refractivity contribution in [3.63, 3.8) is 0 Å². The topological polar surface area (TPSA) is 6.48 Å². The molecule has 1 unspecified atom stereocenters. The van der Waals surface area contributed by atoms with E-state index in [9.17, 15) is 0 Å². The summed E-state index contributed by atoms with van der Waals surface area (Å²) in [5, 5.41) is 0. The lowest BCUT2D eigenvalue weighted by Crippen LogP contribution is -2.20. The molecule has 0 radical (unpaired) electrons. The van der Waals surface area contributed by atoms with E-state index in [0.29, 0.717) is 4.95 Å². The molecule has 0 aromatic rings. The Morgan fingerprint density at radius 3 is 2.25 bits per heavy atom. The van der Waals surface area contributed by atoms with E-state index in [2.05, 4.69) is 39.8 Å². The monoisotopic (exact) mass is 178 g/mol. The number of halogens is 1. The third kappa shape index (κ3) is 1.21. The Hall–Kier alpha value is 0.400. The molecule has 1 rings (SSSR count). The highest BCUT2D eigenvalue weighted by Gasteiger charge is 2.21. The molecule has 2 nitrogen and oxygen atoms in total. The molecule has 0 amide bonds. The number of nitrogens with zero attached hydrogens (tertiary/aromatic N) is 2. The minimum Gasteiger partial charge on any atom is -0.291 e. The van der Waals surface area contributed by atoms with Crippen molar-refractivity contribution in [1.82, 2.24) is 9.80 Å². The lowest BCUT2D eigenvalue weighted by Gasteiger charge is -2.09. The normalized spacial score (nSPS) is 34.1. The Morgan fingerprint density at radius 2 is 2.12 bits per heavy atom. The first kappa shape index (κ1) is 6.52. The largest absolute Gasteiger partial charge is 0.291 e. The van der Waals surface area contributed by atoms with Crippen molar-refractivity contribution >= 4 is 15.9 Å². The van der Waals surface area contributed by atoms with Crippen LogP contribution < -0.4 is 0 Å². The standard InChI is InChI=1S/C5H11BrN2/c1-7-3-5(6)8(2)4-7/h5H,3-4H2,1-2H3. The molecule has 0 aromatic heterocycles. The Morgan fingerprint density at radius 1 is 1.50 bits per heavy atom. The summed E-state index contributed by atoms with van der Waals surface area (Å²) < 4.78 is 0. The van der Waals surface area contributed by atoms with Gasteiger partial charge in [-0.3, -0.25) is 9.80 Å². The van der Waals surface area contributed by atoms with Gasteiger partial charge < -0.3 is 0 Å². The molecular weight excluding hydrogens is 168 g/mol. The van der Waals surface area contributed by atoms with Gasteiger partial charge in [-0.15, -0.1) is 0 Å². The molecule has 0 N–H and O–H groups in total. The molecule has 1 fully saturated rings. The fourth-order valence-corrected chi connectivity index (χ4v) is 1.55. The molecule has 8 heavy (non-hydrogen) atoms. The summed E-state index contributed by atoms with van der Waals surface area (Å²) in [5.41, 5.74) is 0. The van der Waals surface area contributed by atoms with E-state index in [1.807, 2.05) is 0 Å². The van der Waals surface area contributed by atoms with Gasteiger partial charge in [0, 0.05) is 6.54 Å². The van der Waals surface area contributed by atoms with Crippen molar-refractivity contribution in [2.24, 2.45) is 0 Å². The first-order valence-electron chi connectivity index (χ1n) is 2.73. The summed E-state index contributed by atoms with van der Waals surface area (Å²) >= 11 is 3.53. The van der Waals surface area contributed by atoms with Crippen LogP contribution in [-0.2, 0) is 0 Å². The van der Waals surface area contributed by atoms with Gasteiger partial charge in [-0.05, 0) is 14.1 Å². The van der Waals surface area contributed by atoms with E-state index >= 15 is 0 Å². The van der Waals surface area contributed by atoms with Crippen molar-refractivity contribution < 1.29 is 0 Å². The van der Waals surface area contributed by atoms with Gasteiger partial charge in [0.05, 0.1) is 11.6 Å². The van der Waals surface area contributed by atoms with Crippen LogP contribution in [0.25, 0.3) is 0 Å². The Balaban J connectivity index is 2.39. The molecule has 48 valence electrons. The van der Waals surface area contributed by atoms with Gasteiger partial charge in [-0.25, -0.2) is 0 Å². The van der Waals surface area contributed by atoms with Crippen molar-refractivity contribution in [3.05, 3.63) is 0 Å². The summed E-state index contributed by atoms with van der Waals surface area (Å²) in [4.78, 5) is 5.10. The summed E-state index contributed by atoms with van der Waals surface area (Å²) in [5.74, 6) is 0. The zero-order chi connectivity index (χ0) is 6.15. The van der Waals surface area contributed by atoms with Gasteiger partial charge in [0.15, 0.2) is 0 Å². The van der Waals surface area contributed by atoms with Crippen molar-refractivity contribution in [3.8, 4) is 0 Å². The third-order valence-corrected chi connectivity index (χ3v) is 2.39. The van der Waals surface area contributed by atoms with E-state index in [4.69, 9.17) is 0 Å². The highest BCUT2D eigenvalue weighted by molar-refractivity contribution is 9.09. The molecule has 1 saturated heterocycles. The van der Waals surface area contributed by atoms with E-state index < -0.39 is 0 Å². The summed E-state index contributed by atoms with van der Waals surface area (Å²) in [7, 11) is 4.24. The van der Waals surface area contributed by atoms with E-state index in [0.717, 1.165) is 13.2 Å². The minimum atomic E-state index is 0.562. The molecule has 1 atom stereocenters. The SMILES string of the molecule is CN1CC(Br)N(C)C1. The number of likely N-dealkylation sites (N-methyl/N-ethyl adjacent to an activating group) is 2. The van der Waals surface area contributed by atoms with Crippen LogP contribution in [-0.4, -0.2) is 42.1 Å². The predicted octanol–water partition coefficient (Wildman–Crippen LogP) is 0.542. The van der Waals surface area contributed by atoms with Crippen LogP contribution in [0.15, 0.2) is 0 Å². The maximum absolute atomic E-state index is 3.53. The van der Waals surface area contributed by atoms with E-state index in [1.54, 1.807) is 0 Å². The molecular formula is C5H11BrN2. The van der Waals surface area contributed by atoms with Gasteiger partial charge in [0.2, 0.25) is 0 Å². The van der Waals surface area contributed by atoms with Crippen molar-refractivity contribution in [2.45, 2.75) is 4.95 Å². The van der Waals surface area contributed by atoms with Gasteiger partial charge in [-0.1, -0.05) is 15.9 Å². The first-order valence-corrected chi connectivity index (χ1v) is 3.64. The third-order valence-electron chi connectivity index (χ3n) is 1.41. The molecule has 1 heterocycles. The second kappa shape index (κ2) is 2.33. The Bertz CT molecular complexity index is 76.5. The summed E-state index contributed by atoms with van der Waals surface area (Å²) in [6, 6.07) is 0. The molecule has 0 spiro atoms. The molecule has 0 saturated carbocycles. The fraction of sp³-hybridized carbons (Fsp3) is 1.00. The van der Waals surface area contributed by atoms with Crippen LogP contribution in [0.1, 0.15) is 0 Å². The molecule has 0 aromatic carbocycles. The van der Waals surface area contributed by atoms with Crippen LogP contribution >= 0.6 is 15.9 Å². The van der Waals surface area contributed by atoms with Gasteiger partial charge in [0.25, 0.3) is 0 Å². The fourth-order valence-electron chi connectivity index (χ4n) is 0.924. The highest BCUT2D eigenvalue weighted by atomic mass is 79.9. The first-order chi connectivity index (χ1) is 3.70. The van der Waals surface area contributed by atoms with Crippen LogP contribution in [0.5, 0.6) is 0 Å². The summed E-state index contributed by atoms with van der Waals surface area (Å²) in [6.07, 6.45) is 0. The van der Waals surface area contributed by atoms with Gasteiger partial charge in [0.1, 0.15) is 0 Å². The van der Waals surface area contributed by atoms with Crippen LogP contribution in [0.2, 0.25) is 0 Å². The van der Waals surface area contributed by atoms with Gasteiger partial charge in [-0.2, -0.15) is 0 Å². The lowest BCUT2D eigenvalue weighted by molar-refractivity contribution is 0.313. The van der Waals surface area contributed by atoms with E-state index in [1.165, 1.54) is 0 Å². The zero-order valence-corrected chi connectivity index (χ0v) is 6.85. The second-order valence-corrected chi connectivity index (χ2v) is 3.43. The zero-order valence-electron chi connectivity index (χ0n) is 5.26. The second-order valence-electron chi connectivity index (χ2n) is 2.37. The number of hydrogen-bond donors (Lipinski definition) is 0. The molecule has 0 bridgehead atoms. The number of rotatable bonds is 0. The molecule has 3 heteroatoms.